The number of benzene rings is 1. The maximum atomic E-state index is 11.8. The van der Waals surface area contributed by atoms with Gasteiger partial charge in [-0.15, -0.1) is 0 Å². The zero-order valence-corrected chi connectivity index (χ0v) is 14.3. The molecular formula is C17H18N2O7. The van der Waals surface area contributed by atoms with Gasteiger partial charge < -0.3 is 23.9 Å². The number of imidazole rings is 1. The lowest BCUT2D eigenvalue weighted by Gasteiger charge is -2.09. The van der Waals surface area contributed by atoms with E-state index in [1.54, 1.807) is 31.2 Å². The summed E-state index contributed by atoms with van der Waals surface area (Å²) in [5.41, 5.74) is -0.114. The van der Waals surface area contributed by atoms with E-state index in [9.17, 15) is 19.5 Å². The molecule has 2 rings (SSSR count). The quantitative estimate of drug-likeness (QED) is 0.704. The molecule has 0 saturated carbocycles. The third kappa shape index (κ3) is 4.38. The van der Waals surface area contributed by atoms with Crippen LogP contribution in [0.3, 0.4) is 0 Å². The molecule has 9 nitrogen and oxygen atoms in total. The Hall–Kier alpha value is -3.36. The molecule has 1 aromatic heterocycles. The topological polar surface area (TPSA) is 117 Å². The molecule has 26 heavy (non-hydrogen) atoms. The fourth-order valence-corrected chi connectivity index (χ4v) is 2.19. The van der Waals surface area contributed by atoms with Crippen LogP contribution < -0.4 is 4.74 Å². The van der Waals surface area contributed by atoms with Crippen LogP contribution in [0.5, 0.6) is 5.75 Å². The van der Waals surface area contributed by atoms with Crippen molar-refractivity contribution in [1.82, 2.24) is 9.55 Å². The highest BCUT2D eigenvalue weighted by molar-refractivity contribution is 5.99. The third-order valence-corrected chi connectivity index (χ3v) is 3.39. The summed E-state index contributed by atoms with van der Waals surface area (Å²) in [6, 6.07) is 6.31. The molecule has 0 radical (unpaired) electrons. The smallest absolute Gasteiger partial charge is 0.359 e. The van der Waals surface area contributed by atoms with Gasteiger partial charge in [-0.05, 0) is 31.2 Å². The van der Waals surface area contributed by atoms with Crippen molar-refractivity contribution >= 4 is 17.9 Å². The van der Waals surface area contributed by atoms with Gasteiger partial charge in [0.15, 0.2) is 11.4 Å². The third-order valence-electron chi connectivity index (χ3n) is 3.39. The van der Waals surface area contributed by atoms with Crippen molar-refractivity contribution in [3.05, 3.63) is 47.5 Å². The molecule has 1 aromatic carbocycles. The number of hydrogen-bond acceptors (Lipinski definition) is 7. The maximum Gasteiger partial charge on any atom is 0.359 e. The summed E-state index contributed by atoms with van der Waals surface area (Å²) >= 11 is 0. The first-order valence-electron chi connectivity index (χ1n) is 7.74. The summed E-state index contributed by atoms with van der Waals surface area (Å²) in [5.74, 6) is -2.02. The van der Waals surface area contributed by atoms with Crippen molar-refractivity contribution in [1.29, 1.82) is 0 Å². The summed E-state index contributed by atoms with van der Waals surface area (Å²) < 4.78 is 16.2. The Labute approximate surface area is 149 Å². The fraction of sp³-hybridized carbons (Fsp3) is 0.294. The van der Waals surface area contributed by atoms with E-state index in [0.29, 0.717) is 11.3 Å². The first-order chi connectivity index (χ1) is 12.5. The minimum absolute atomic E-state index is 0.120. The summed E-state index contributed by atoms with van der Waals surface area (Å²) in [6.07, 6.45) is 1.25. The molecular weight excluding hydrogens is 344 g/mol. The molecule has 0 amide bonds. The molecule has 0 bridgehead atoms. The van der Waals surface area contributed by atoms with Gasteiger partial charge in [0.05, 0.1) is 32.2 Å². The summed E-state index contributed by atoms with van der Waals surface area (Å²) in [7, 11) is 1.29. The number of carbonyl (C=O) groups excluding carboxylic acids is 2. The average molecular weight is 362 g/mol. The van der Waals surface area contributed by atoms with E-state index in [-0.39, 0.29) is 31.1 Å². The highest BCUT2D eigenvalue weighted by atomic mass is 16.5. The zero-order valence-electron chi connectivity index (χ0n) is 14.3. The highest BCUT2D eigenvalue weighted by Gasteiger charge is 2.24. The Kier molecular flexibility index (Phi) is 6.31. The molecule has 0 atom stereocenters. The Morgan fingerprint density at radius 1 is 1.15 bits per heavy atom. The van der Waals surface area contributed by atoms with Crippen LogP contribution in [0.1, 0.15) is 38.3 Å². The van der Waals surface area contributed by atoms with E-state index in [0.717, 1.165) is 0 Å². The standard InChI is InChI=1S/C17H18N2O7/c1-3-25-17(23)13-14(15(20)21)19(10-18-13)8-9-26-12-6-4-11(5-7-12)16(22)24-2/h4-7,10H,3,8-9H2,1-2H3,(H,20,21). The number of aromatic nitrogens is 2. The largest absolute Gasteiger partial charge is 0.492 e. The van der Waals surface area contributed by atoms with Gasteiger partial charge in [0.1, 0.15) is 12.4 Å². The number of nitrogens with zero attached hydrogens (tertiary/aromatic N) is 2. The molecule has 1 N–H and O–H groups in total. The minimum Gasteiger partial charge on any atom is -0.492 e. The van der Waals surface area contributed by atoms with Crippen molar-refractivity contribution in [2.24, 2.45) is 0 Å². The minimum atomic E-state index is -1.28. The van der Waals surface area contributed by atoms with E-state index >= 15 is 0 Å². The van der Waals surface area contributed by atoms with Crippen molar-refractivity contribution < 1.29 is 33.7 Å². The van der Waals surface area contributed by atoms with Crippen LogP contribution in [0.15, 0.2) is 30.6 Å². The van der Waals surface area contributed by atoms with Crippen molar-refractivity contribution in [2.75, 3.05) is 20.3 Å². The molecule has 1 heterocycles. The van der Waals surface area contributed by atoms with Crippen molar-refractivity contribution in [3.63, 3.8) is 0 Å². The summed E-state index contributed by atoms with van der Waals surface area (Å²) in [6.45, 7) is 2.04. The lowest BCUT2D eigenvalue weighted by molar-refractivity contribution is 0.0506. The second-order valence-corrected chi connectivity index (χ2v) is 5.03. The van der Waals surface area contributed by atoms with Gasteiger partial charge >= 0.3 is 17.9 Å². The van der Waals surface area contributed by atoms with E-state index in [1.807, 2.05) is 0 Å². The Morgan fingerprint density at radius 3 is 2.42 bits per heavy atom. The van der Waals surface area contributed by atoms with Gasteiger partial charge in [0.25, 0.3) is 0 Å². The van der Waals surface area contributed by atoms with E-state index in [1.165, 1.54) is 18.0 Å². The highest BCUT2D eigenvalue weighted by Crippen LogP contribution is 2.14. The Balaban J connectivity index is 2.02. The van der Waals surface area contributed by atoms with Gasteiger partial charge in [-0.1, -0.05) is 0 Å². The lowest BCUT2D eigenvalue weighted by atomic mass is 10.2. The monoisotopic (exact) mass is 362 g/mol. The number of methoxy groups -OCH3 is 1. The predicted molar refractivity (Wildman–Crippen MR) is 88.4 cm³/mol. The van der Waals surface area contributed by atoms with E-state index < -0.39 is 17.9 Å². The number of carboxylic acid groups (broad SMARTS) is 1. The summed E-state index contributed by atoms with van der Waals surface area (Å²) in [4.78, 5) is 38.4. The molecule has 0 aliphatic heterocycles. The van der Waals surface area contributed by atoms with Crippen LogP contribution in [0, 0.1) is 0 Å². The van der Waals surface area contributed by atoms with E-state index in [4.69, 9.17) is 9.47 Å². The van der Waals surface area contributed by atoms with Crippen molar-refractivity contribution in [3.8, 4) is 5.75 Å². The fourth-order valence-electron chi connectivity index (χ4n) is 2.19. The maximum absolute atomic E-state index is 11.8. The molecule has 2 aromatic rings. The second-order valence-electron chi connectivity index (χ2n) is 5.03. The molecule has 0 saturated heterocycles. The number of carbonyl (C=O) groups is 3. The van der Waals surface area contributed by atoms with E-state index in [2.05, 4.69) is 9.72 Å². The molecule has 0 aliphatic carbocycles. The number of ether oxygens (including phenoxy) is 3. The van der Waals surface area contributed by atoms with Crippen LogP contribution in [0.2, 0.25) is 0 Å². The normalized spacial score (nSPS) is 10.2. The van der Waals surface area contributed by atoms with Crippen LogP contribution in [-0.2, 0) is 16.0 Å². The first-order valence-corrected chi connectivity index (χ1v) is 7.74. The number of rotatable bonds is 8. The predicted octanol–water partition coefficient (Wildman–Crippen LogP) is 1.62. The number of esters is 2. The van der Waals surface area contributed by atoms with Crippen LogP contribution in [-0.4, -0.2) is 52.9 Å². The molecule has 0 fully saturated rings. The van der Waals surface area contributed by atoms with Gasteiger partial charge in [-0.2, -0.15) is 0 Å². The SMILES string of the molecule is CCOC(=O)c1ncn(CCOc2ccc(C(=O)OC)cc2)c1C(=O)O. The number of aromatic carboxylic acids is 1. The first kappa shape index (κ1) is 19.0. The van der Waals surface area contributed by atoms with Crippen molar-refractivity contribution in [2.45, 2.75) is 13.5 Å². The molecule has 0 unspecified atom stereocenters. The van der Waals surface area contributed by atoms with Gasteiger partial charge in [0, 0.05) is 0 Å². The molecule has 9 heteroatoms. The number of hydrogen-bond donors (Lipinski definition) is 1. The zero-order chi connectivity index (χ0) is 19.1. The Morgan fingerprint density at radius 2 is 1.85 bits per heavy atom. The molecule has 0 spiro atoms. The van der Waals surface area contributed by atoms with Crippen LogP contribution >= 0.6 is 0 Å². The second kappa shape index (κ2) is 8.65. The lowest BCUT2D eigenvalue weighted by Crippen LogP contribution is -2.17. The van der Waals surface area contributed by atoms with Gasteiger partial charge in [-0.25, -0.2) is 19.4 Å². The van der Waals surface area contributed by atoms with Gasteiger partial charge in [0.2, 0.25) is 0 Å². The van der Waals surface area contributed by atoms with Crippen LogP contribution in [0.25, 0.3) is 0 Å². The number of carboxylic acids is 1. The van der Waals surface area contributed by atoms with Crippen LogP contribution in [0.4, 0.5) is 0 Å². The summed E-state index contributed by atoms with van der Waals surface area (Å²) in [5, 5.41) is 9.32. The average Bonchev–Trinajstić information content (AvgIpc) is 3.06. The Bertz CT molecular complexity index is 796. The molecule has 0 aliphatic rings. The molecule has 138 valence electrons. The van der Waals surface area contributed by atoms with Gasteiger partial charge in [-0.3, -0.25) is 0 Å².